The van der Waals surface area contributed by atoms with E-state index in [1.165, 1.54) is 28.3 Å². The number of hydrogen-bond donors (Lipinski definition) is 5. The van der Waals surface area contributed by atoms with Gasteiger partial charge in [0.05, 0.1) is 24.5 Å². The number of likely N-dealkylation sites (N-methyl/N-ethyl adjacent to an activating group) is 1. The quantitative estimate of drug-likeness (QED) is 0.234. The third kappa shape index (κ3) is 12.9. The normalized spacial score (nSPS) is 13.0. The Hall–Kier alpha value is -5.26. The van der Waals surface area contributed by atoms with E-state index in [2.05, 4.69) is 121 Å². The first kappa shape index (κ1) is 34.2. The monoisotopic (exact) mass is 611 g/mol. The molecule has 0 saturated carbocycles. The van der Waals surface area contributed by atoms with Gasteiger partial charge < -0.3 is 26.6 Å². The van der Waals surface area contributed by atoms with E-state index in [0.717, 1.165) is 62.6 Å². The second-order valence-electron chi connectivity index (χ2n) is 10.5. The molecular weight excluding hydrogens is 566 g/mol. The maximum atomic E-state index is 10.3. The lowest BCUT2D eigenvalue weighted by Crippen LogP contribution is -2.35. The van der Waals surface area contributed by atoms with E-state index in [1.54, 1.807) is 12.1 Å². The Morgan fingerprint density at radius 3 is 1.89 bits per heavy atom. The second kappa shape index (κ2) is 18.4. The van der Waals surface area contributed by atoms with Crippen molar-refractivity contribution in [3.63, 3.8) is 0 Å². The maximum Gasteiger partial charge on any atom is 0.264 e. The molecule has 4 aromatic rings. The predicted octanol–water partition coefficient (Wildman–Crippen LogP) is 2.88. The van der Waals surface area contributed by atoms with Crippen molar-refractivity contribution >= 4 is 17.7 Å². The van der Waals surface area contributed by atoms with Gasteiger partial charge in [-0.05, 0) is 68.1 Å². The third-order valence-corrected chi connectivity index (χ3v) is 6.78. The molecule has 238 valence electrons. The van der Waals surface area contributed by atoms with Gasteiger partial charge in [-0.25, -0.2) is 5.10 Å². The van der Waals surface area contributed by atoms with Crippen LogP contribution in [0, 0.1) is 27.7 Å². The minimum Gasteiger partial charge on any atom is -0.382 e. The largest absolute Gasteiger partial charge is 0.382 e. The molecule has 0 saturated heterocycles. The van der Waals surface area contributed by atoms with Crippen molar-refractivity contribution in [2.75, 3.05) is 39.0 Å². The Balaban J connectivity index is 0.000000170. The van der Waals surface area contributed by atoms with E-state index in [4.69, 9.17) is 5.73 Å². The number of nitrogens with zero attached hydrogens (tertiary/aromatic N) is 6. The Kier molecular flexibility index (Phi) is 14.0. The molecule has 6 rings (SSSR count). The number of nitrogen functional groups attached to an aromatic ring is 1. The smallest absolute Gasteiger partial charge is 0.264 e. The summed E-state index contributed by atoms with van der Waals surface area (Å²) in [6, 6.07) is 23.5. The second-order valence-corrected chi connectivity index (χ2v) is 10.5. The fourth-order valence-corrected chi connectivity index (χ4v) is 4.03. The van der Waals surface area contributed by atoms with Gasteiger partial charge in [-0.3, -0.25) is 14.8 Å². The lowest BCUT2D eigenvalue weighted by molar-refractivity contribution is 0.534. The van der Waals surface area contributed by atoms with Crippen LogP contribution >= 0.6 is 0 Å². The molecular formula is C33H45N11O. The zero-order valence-electron chi connectivity index (χ0n) is 26.8. The molecule has 4 heterocycles. The van der Waals surface area contributed by atoms with Crippen molar-refractivity contribution in [1.82, 2.24) is 41.2 Å². The molecule has 0 bridgehead atoms. The summed E-state index contributed by atoms with van der Waals surface area (Å²) in [5.41, 5.74) is 12.1. The van der Waals surface area contributed by atoms with Crippen molar-refractivity contribution in [2.24, 2.45) is 9.98 Å². The first-order valence-corrected chi connectivity index (χ1v) is 14.9. The highest BCUT2D eigenvalue weighted by Gasteiger charge is 2.11. The molecule has 45 heavy (non-hydrogen) atoms. The van der Waals surface area contributed by atoms with Crippen molar-refractivity contribution in [2.45, 2.75) is 40.8 Å². The van der Waals surface area contributed by atoms with Crippen molar-refractivity contribution < 1.29 is 0 Å². The SMILES string of the molecule is Cc1ccc(=O)[nH]n1.Cc1ccc(N)nn1.Cc1ccccc1CNC1=NCCN1.Cc1ccccc1CNC1=NCCN1C. The van der Waals surface area contributed by atoms with Gasteiger partial charge in [0.2, 0.25) is 0 Å². The van der Waals surface area contributed by atoms with Gasteiger partial charge in [-0.1, -0.05) is 48.5 Å². The van der Waals surface area contributed by atoms with Crippen LogP contribution in [0.3, 0.4) is 0 Å². The predicted molar refractivity (Wildman–Crippen MR) is 182 cm³/mol. The zero-order chi connectivity index (χ0) is 32.4. The minimum absolute atomic E-state index is 0.157. The summed E-state index contributed by atoms with van der Waals surface area (Å²) < 4.78 is 0. The van der Waals surface area contributed by atoms with Crippen LogP contribution in [0.15, 0.2) is 87.6 Å². The third-order valence-electron chi connectivity index (χ3n) is 6.78. The number of anilines is 1. The highest BCUT2D eigenvalue weighted by Crippen LogP contribution is 2.07. The molecule has 2 aromatic carbocycles. The van der Waals surface area contributed by atoms with Crippen LogP contribution in [-0.2, 0) is 13.1 Å². The van der Waals surface area contributed by atoms with Crippen LogP contribution in [0.4, 0.5) is 5.82 Å². The van der Waals surface area contributed by atoms with E-state index in [1.807, 2.05) is 19.9 Å². The van der Waals surface area contributed by atoms with Crippen LogP contribution < -0.4 is 27.2 Å². The Morgan fingerprint density at radius 2 is 1.42 bits per heavy atom. The van der Waals surface area contributed by atoms with Crippen molar-refractivity contribution in [3.8, 4) is 0 Å². The van der Waals surface area contributed by atoms with Gasteiger partial charge >= 0.3 is 0 Å². The number of benzene rings is 2. The van der Waals surface area contributed by atoms with Gasteiger partial charge in [-0.2, -0.15) is 10.2 Å². The Bertz CT molecular complexity index is 1540. The number of rotatable bonds is 4. The summed E-state index contributed by atoms with van der Waals surface area (Å²) in [6.45, 7) is 13.4. The molecule has 2 aromatic heterocycles. The van der Waals surface area contributed by atoms with E-state index in [0.29, 0.717) is 5.82 Å². The number of aryl methyl sites for hydroxylation is 4. The number of aromatic nitrogens is 4. The van der Waals surface area contributed by atoms with Crippen LogP contribution in [0.5, 0.6) is 0 Å². The molecule has 6 N–H and O–H groups in total. The topological polar surface area (TPSA) is 162 Å². The number of aromatic amines is 1. The summed E-state index contributed by atoms with van der Waals surface area (Å²) in [7, 11) is 2.07. The molecule has 2 aliphatic heterocycles. The number of nitrogens with two attached hydrogens (primary N) is 1. The van der Waals surface area contributed by atoms with E-state index >= 15 is 0 Å². The standard InChI is InChI=1S/C12H17N3.C11H15N3.C5H7N3.C5H6N2O/c1-10-5-3-4-6-11(10)9-14-12-13-7-8-15(12)2;1-9-4-2-3-5-10(9)8-14-11-12-6-7-13-11;1-4-2-3-5(6)8-7-4;1-4-2-3-5(8)7-6-4/h3-6H,7-9H2,1-2H3,(H,13,14);2-5H,6-8H2,1H3,(H2,12,13,14);2-3H,1H3,(H2,6,8);2-3H,1H3,(H,7,8). The minimum atomic E-state index is -0.157. The van der Waals surface area contributed by atoms with E-state index in [9.17, 15) is 4.79 Å². The molecule has 0 unspecified atom stereocenters. The van der Waals surface area contributed by atoms with Crippen LogP contribution in [0.2, 0.25) is 0 Å². The van der Waals surface area contributed by atoms with Crippen molar-refractivity contribution in [3.05, 3.63) is 117 Å². The fourth-order valence-electron chi connectivity index (χ4n) is 4.03. The molecule has 0 atom stereocenters. The molecule has 0 amide bonds. The first-order chi connectivity index (χ1) is 21.7. The van der Waals surface area contributed by atoms with Crippen molar-refractivity contribution in [1.29, 1.82) is 0 Å². The number of nitrogens with one attached hydrogen (secondary N) is 4. The number of aliphatic imine (C=N–C) groups is 2. The average molecular weight is 612 g/mol. The summed E-state index contributed by atoms with van der Waals surface area (Å²) in [5.74, 6) is 2.40. The fraction of sp³-hybridized carbons (Fsp3) is 0.333. The van der Waals surface area contributed by atoms with Gasteiger partial charge in [0.1, 0.15) is 5.82 Å². The van der Waals surface area contributed by atoms with Gasteiger partial charge in [-0.15, -0.1) is 5.10 Å². The van der Waals surface area contributed by atoms with Crippen LogP contribution in [0.25, 0.3) is 0 Å². The summed E-state index contributed by atoms with van der Waals surface area (Å²) >= 11 is 0. The van der Waals surface area contributed by atoms with E-state index in [-0.39, 0.29) is 5.56 Å². The number of hydrogen-bond acceptors (Lipinski definition) is 11. The molecule has 12 nitrogen and oxygen atoms in total. The van der Waals surface area contributed by atoms with Gasteiger partial charge in [0.25, 0.3) is 5.56 Å². The summed E-state index contributed by atoms with van der Waals surface area (Å²) in [5, 5.41) is 23.1. The molecule has 12 heteroatoms. The lowest BCUT2D eigenvalue weighted by Gasteiger charge is -2.15. The maximum absolute atomic E-state index is 10.3. The number of H-pyrrole nitrogens is 1. The Labute approximate surface area is 265 Å². The molecule has 0 radical (unpaired) electrons. The molecule has 2 aliphatic rings. The van der Waals surface area contributed by atoms with Gasteiger partial charge in [0, 0.05) is 39.3 Å². The zero-order valence-corrected chi connectivity index (χ0v) is 26.8. The van der Waals surface area contributed by atoms with Gasteiger partial charge in [0.15, 0.2) is 11.9 Å². The van der Waals surface area contributed by atoms with E-state index < -0.39 is 0 Å². The van der Waals surface area contributed by atoms with Crippen LogP contribution in [0.1, 0.15) is 33.6 Å². The molecule has 0 fully saturated rings. The lowest BCUT2D eigenvalue weighted by atomic mass is 10.1. The Morgan fingerprint density at radius 1 is 0.778 bits per heavy atom. The summed E-state index contributed by atoms with van der Waals surface area (Å²) in [4.78, 5) is 21.1. The first-order valence-electron chi connectivity index (χ1n) is 14.9. The number of guanidine groups is 2. The molecule has 0 aliphatic carbocycles. The highest BCUT2D eigenvalue weighted by atomic mass is 16.1. The summed E-state index contributed by atoms with van der Waals surface area (Å²) in [6.07, 6.45) is 0. The van der Waals surface area contributed by atoms with Crippen LogP contribution in [-0.4, -0.2) is 70.4 Å². The average Bonchev–Trinajstić information content (AvgIpc) is 3.72. The highest BCUT2D eigenvalue weighted by molar-refractivity contribution is 5.81. The molecule has 0 spiro atoms.